The van der Waals surface area contributed by atoms with Gasteiger partial charge in [0.15, 0.2) is 0 Å². The topological polar surface area (TPSA) is 66.9 Å². The maximum atomic E-state index is 12.9. The minimum Gasteiger partial charge on any atom is -0.495 e. The molecule has 26 heavy (non-hydrogen) atoms. The van der Waals surface area contributed by atoms with Gasteiger partial charge in [0, 0.05) is 17.8 Å². The Labute approximate surface area is 159 Å². The summed E-state index contributed by atoms with van der Waals surface area (Å²) >= 11 is 6.04. The Morgan fingerprint density at radius 1 is 1.15 bits per heavy atom. The molecule has 8 heteroatoms. The van der Waals surface area contributed by atoms with Crippen molar-refractivity contribution in [3.05, 3.63) is 53.6 Å². The molecule has 6 nitrogen and oxygen atoms in total. The monoisotopic (exact) mass is 396 g/mol. The van der Waals surface area contributed by atoms with Gasteiger partial charge in [-0.05, 0) is 37.3 Å². The molecule has 140 valence electrons. The number of carbonyl (C=O) groups is 1. The molecule has 1 atom stereocenters. The van der Waals surface area contributed by atoms with Crippen molar-refractivity contribution in [2.45, 2.75) is 13.0 Å². The van der Waals surface area contributed by atoms with Crippen LogP contribution in [0.2, 0.25) is 5.02 Å². The zero-order chi connectivity index (χ0) is 19.5. The lowest BCUT2D eigenvalue weighted by Gasteiger charge is -2.32. The molecule has 0 radical (unpaired) electrons. The lowest BCUT2D eigenvalue weighted by Crippen LogP contribution is -2.48. The summed E-state index contributed by atoms with van der Waals surface area (Å²) in [6.07, 6.45) is 1.04. The third-order valence-electron chi connectivity index (χ3n) is 3.92. The molecule has 0 spiro atoms. The highest BCUT2D eigenvalue weighted by Gasteiger charge is 2.33. The Kier molecular flexibility index (Phi) is 6.15. The second-order valence-electron chi connectivity index (χ2n) is 5.78. The molecule has 0 saturated carbocycles. The van der Waals surface area contributed by atoms with Crippen LogP contribution in [0.5, 0.6) is 5.75 Å². The van der Waals surface area contributed by atoms with E-state index in [0.717, 1.165) is 10.6 Å². The first-order valence-corrected chi connectivity index (χ1v) is 10.0. The number of anilines is 2. The van der Waals surface area contributed by atoms with E-state index in [-0.39, 0.29) is 11.6 Å². The zero-order valence-electron chi connectivity index (χ0n) is 15.0. The largest absolute Gasteiger partial charge is 0.495 e. The first kappa shape index (κ1) is 20.1. The van der Waals surface area contributed by atoms with E-state index in [1.807, 2.05) is 6.07 Å². The number of hydrogen-bond donors (Lipinski definition) is 0. The first-order chi connectivity index (χ1) is 12.2. The fourth-order valence-electron chi connectivity index (χ4n) is 2.67. The Balaban J connectivity index is 2.48. The molecule has 0 heterocycles. The molecular weight excluding hydrogens is 376 g/mol. The number of benzene rings is 2. The molecule has 0 aliphatic heterocycles. The van der Waals surface area contributed by atoms with Gasteiger partial charge in [0.1, 0.15) is 11.8 Å². The zero-order valence-corrected chi connectivity index (χ0v) is 16.6. The van der Waals surface area contributed by atoms with Crippen LogP contribution in [0.25, 0.3) is 0 Å². The number of sulfonamides is 1. The van der Waals surface area contributed by atoms with Crippen LogP contribution < -0.4 is 13.9 Å². The lowest BCUT2D eigenvalue weighted by atomic mass is 10.2. The summed E-state index contributed by atoms with van der Waals surface area (Å²) in [7, 11) is -0.753. The van der Waals surface area contributed by atoms with Gasteiger partial charge in [-0.2, -0.15) is 0 Å². The molecule has 0 fully saturated rings. The molecule has 0 N–H and O–H groups in total. The molecule has 0 bridgehead atoms. The second kappa shape index (κ2) is 7.97. The summed E-state index contributed by atoms with van der Waals surface area (Å²) < 4.78 is 31.2. The molecule has 0 aliphatic rings. The SMILES string of the molecule is COc1ccc(Cl)cc1N([C@H](C)C(=O)N(C)c1ccccc1)S(C)(=O)=O. The molecule has 2 aromatic carbocycles. The first-order valence-electron chi connectivity index (χ1n) is 7.82. The molecule has 1 amide bonds. The van der Waals surface area contributed by atoms with Gasteiger partial charge in [-0.15, -0.1) is 0 Å². The van der Waals surface area contributed by atoms with Crippen LogP contribution in [0.15, 0.2) is 48.5 Å². The van der Waals surface area contributed by atoms with Gasteiger partial charge in [0.2, 0.25) is 15.9 Å². The summed E-state index contributed by atoms with van der Waals surface area (Å²) in [6.45, 7) is 1.53. The molecule has 0 saturated heterocycles. The van der Waals surface area contributed by atoms with Crippen LogP contribution in [0.3, 0.4) is 0 Å². The number of para-hydroxylation sites is 1. The Morgan fingerprint density at radius 2 is 1.77 bits per heavy atom. The summed E-state index contributed by atoms with van der Waals surface area (Å²) in [6, 6.07) is 12.6. The number of hydrogen-bond acceptors (Lipinski definition) is 4. The number of halogens is 1. The van der Waals surface area contributed by atoms with Crippen molar-refractivity contribution in [1.29, 1.82) is 0 Å². The van der Waals surface area contributed by atoms with Crippen LogP contribution in [0.4, 0.5) is 11.4 Å². The van der Waals surface area contributed by atoms with E-state index in [1.165, 1.54) is 25.0 Å². The number of nitrogens with zero attached hydrogens (tertiary/aromatic N) is 2. The van der Waals surface area contributed by atoms with Crippen LogP contribution in [0.1, 0.15) is 6.92 Å². The summed E-state index contributed by atoms with van der Waals surface area (Å²) in [4.78, 5) is 14.4. The third kappa shape index (κ3) is 4.28. The van der Waals surface area contributed by atoms with Gasteiger partial charge in [0.05, 0.1) is 19.1 Å². The number of likely N-dealkylation sites (N-methyl/N-ethyl adjacent to an activating group) is 1. The molecule has 0 aromatic heterocycles. The lowest BCUT2D eigenvalue weighted by molar-refractivity contribution is -0.119. The number of ether oxygens (including phenoxy) is 1. The summed E-state index contributed by atoms with van der Waals surface area (Å²) in [5.41, 5.74) is 0.876. The Hall–Kier alpha value is -2.25. The number of methoxy groups -OCH3 is 1. The predicted molar refractivity (Wildman–Crippen MR) is 105 cm³/mol. The van der Waals surface area contributed by atoms with Gasteiger partial charge < -0.3 is 9.64 Å². The van der Waals surface area contributed by atoms with Crippen molar-refractivity contribution in [2.24, 2.45) is 0 Å². The highest BCUT2D eigenvalue weighted by Crippen LogP contribution is 2.34. The van der Waals surface area contributed by atoms with Crippen molar-refractivity contribution in [2.75, 3.05) is 29.6 Å². The molecule has 2 rings (SSSR count). The number of rotatable bonds is 6. The van der Waals surface area contributed by atoms with Gasteiger partial charge in [-0.3, -0.25) is 9.10 Å². The number of amides is 1. The average molecular weight is 397 g/mol. The van der Waals surface area contributed by atoms with E-state index < -0.39 is 16.1 Å². The summed E-state index contributed by atoms with van der Waals surface area (Å²) in [5.74, 6) is -0.0782. The van der Waals surface area contributed by atoms with E-state index in [0.29, 0.717) is 16.5 Å². The maximum absolute atomic E-state index is 12.9. The van der Waals surface area contributed by atoms with E-state index in [9.17, 15) is 13.2 Å². The van der Waals surface area contributed by atoms with E-state index in [1.54, 1.807) is 43.4 Å². The van der Waals surface area contributed by atoms with E-state index in [2.05, 4.69) is 0 Å². The standard InChI is InChI=1S/C18H21ClN2O4S/c1-13(18(22)20(2)15-8-6-5-7-9-15)21(26(4,23)24)16-12-14(19)10-11-17(16)25-3/h5-13H,1-4H3/t13-/m1/s1. The second-order valence-corrected chi connectivity index (χ2v) is 8.08. The minimum atomic E-state index is -3.78. The van der Waals surface area contributed by atoms with Crippen molar-refractivity contribution in [3.8, 4) is 5.75 Å². The summed E-state index contributed by atoms with van der Waals surface area (Å²) in [5, 5.41) is 0.338. The fraction of sp³-hybridized carbons (Fsp3) is 0.278. The highest BCUT2D eigenvalue weighted by molar-refractivity contribution is 7.92. The predicted octanol–water partition coefficient (Wildman–Crippen LogP) is 3.17. The van der Waals surface area contributed by atoms with Crippen molar-refractivity contribution < 1.29 is 17.9 Å². The maximum Gasteiger partial charge on any atom is 0.250 e. The number of carbonyl (C=O) groups excluding carboxylic acids is 1. The fourth-order valence-corrected chi connectivity index (χ4v) is 4.00. The molecular formula is C18H21ClN2O4S. The van der Waals surface area contributed by atoms with Crippen molar-refractivity contribution in [1.82, 2.24) is 0 Å². The normalized spacial score (nSPS) is 12.3. The average Bonchev–Trinajstić information content (AvgIpc) is 2.60. The Morgan fingerprint density at radius 3 is 2.31 bits per heavy atom. The van der Waals surface area contributed by atoms with Crippen LogP contribution >= 0.6 is 11.6 Å². The van der Waals surface area contributed by atoms with Crippen LogP contribution in [-0.2, 0) is 14.8 Å². The van der Waals surface area contributed by atoms with Crippen molar-refractivity contribution in [3.63, 3.8) is 0 Å². The van der Waals surface area contributed by atoms with Gasteiger partial charge in [0.25, 0.3) is 0 Å². The Bertz CT molecular complexity index is 887. The quantitative estimate of drug-likeness (QED) is 0.752. The molecule has 0 unspecified atom stereocenters. The van der Waals surface area contributed by atoms with Crippen LogP contribution in [-0.4, -0.2) is 40.8 Å². The van der Waals surface area contributed by atoms with Crippen molar-refractivity contribution >= 4 is 38.9 Å². The third-order valence-corrected chi connectivity index (χ3v) is 5.38. The van der Waals surface area contributed by atoms with E-state index >= 15 is 0 Å². The molecule has 0 aliphatic carbocycles. The van der Waals surface area contributed by atoms with Crippen LogP contribution in [0, 0.1) is 0 Å². The smallest absolute Gasteiger partial charge is 0.250 e. The minimum absolute atomic E-state index is 0.213. The van der Waals surface area contributed by atoms with Gasteiger partial charge >= 0.3 is 0 Å². The molecule has 2 aromatic rings. The van der Waals surface area contributed by atoms with Gasteiger partial charge in [-0.25, -0.2) is 8.42 Å². The van der Waals surface area contributed by atoms with Gasteiger partial charge in [-0.1, -0.05) is 29.8 Å². The highest BCUT2D eigenvalue weighted by atomic mass is 35.5. The van der Waals surface area contributed by atoms with E-state index in [4.69, 9.17) is 16.3 Å².